The molecule has 2 aliphatic heterocycles. The van der Waals surface area contributed by atoms with Gasteiger partial charge in [0.15, 0.2) is 0 Å². The first-order valence-electron chi connectivity index (χ1n) is 13.6. The highest BCUT2D eigenvalue weighted by atomic mass is 35.5. The van der Waals surface area contributed by atoms with Gasteiger partial charge in [0.25, 0.3) is 5.91 Å². The molecule has 0 spiro atoms. The van der Waals surface area contributed by atoms with E-state index in [4.69, 9.17) is 31.6 Å². The number of carbonyl (C=O) groups excluding carboxylic acids is 1. The van der Waals surface area contributed by atoms with E-state index in [9.17, 15) is 4.79 Å². The summed E-state index contributed by atoms with van der Waals surface area (Å²) in [5.74, 6) is 1.68. The third-order valence-corrected chi connectivity index (χ3v) is 7.39. The molecule has 10 heteroatoms. The molecule has 0 aliphatic carbocycles. The summed E-state index contributed by atoms with van der Waals surface area (Å²) in [5, 5.41) is 7.77. The van der Waals surface area contributed by atoms with Gasteiger partial charge in [-0.15, -0.1) is 0 Å². The molecule has 1 saturated heterocycles. The highest BCUT2D eigenvalue weighted by molar-refractivity contribution is 6.37. The van der Waals surface area contributed by atoms with Crippen LogP contribution in [0.25, 0.3) is 17.0 Å². The van der Waals surface area contributed by atoms with Crippen molar-refractivity contribution in [3.63, 3.8) is 0 Å². The van der Waals surface area contributed by atoms with Gasteiger partial charge in [0.05, 0.1) is 6.54 Å². The number of hydrogen-bond acceptors (Lipinski definition) is 8. The fourth-order valence-corrected chi connectivity index (χ4v) is 5.13. The summed E-state index contributed by atoms with van der Waals surface area (Å²) in [6.07, 6.45) is 5.51. The zero-order chi connectivity index (χ0) is 28.9. The average molecular weight is 573 g/mol. The number of aliphatic imine (C=N–C) groups is 1. The van der Waals surface area contributed by atoms with Gasteiger partial charge < -0.3 is 20.3 Å². The average Bonchev–Trinajstić information content (AvgIpc) is 3.42. The predicted octanol–water partition coefficient (Wildman–Crippen LogP) is 5.17. The van der Waals surface area contributed by atoms with E-state index in [1.54, 1.807) is 17.9 Å². The molecular weight excluding hydrogens is 540 g/mol. The lowest BCUT2D eigenvalue weighted by Crippen LogP contribution is -2.41. The molecule has 3 aromatic rings. The summed E-state index contributed by atoms with van der Waals surface area (Å²) in [4.78, 5) is 25.0. The molecule has 3 N–H and O–H groups in total. The molecule has 0 radical (unpaired) electrons. The standard InChI is InChI=1S/C31H33ClN6O3/c1-4-23-15-27(26-10-9-24(16-28(26)32)29-36-20(3)41-37-29)31(39)38(18-22-7-5-21(17-33)6-8-22)30(23)35-19(2)34-25-11-13-40-14-12-25/h4-10,15-16,25,34H,2,11-14,17-18,33H2,1,3H3/b23-4-,35-30+. The van der Waals surface area contributed by atoms with Crippen LogP contribution in [0, 0.1) is 6.92 Å². The number of halogens is 1. The van der Waals surface area contributed by atoms with Crippen LogP contribution < -0.4 is 11.1 Å². The van der Waals surface area contributed by atoms with Crippen LogP contribution in [0.15, 0.2) is 82.1 Å². The number of amidine groups is 1. The molecule has 212 valence electrons. The lowest BCUT2D eigenvalue weighted by Gasteiger charge is -2.31. The van der Waals surface area contributed by atoms with Crippen molar-refractivity contribution < 1.29 is 14.1 Å². The monoisotopic (exact) mass is 572 g/mol. The van der Waals surface area contributed by atoms with E-state index in [1.807, 2.05) is 55.5 Å². The van der Waals surface area contributed by atoms with Crippen LogP contribution in [0.1, 0.15) is 42.3 Å². The fourth-order valence-electron chi connectivity index (χ4n) is 4.85. The highest BCUT2D eigenvalue weighted by Gasteiger charge is 2.32. The smallest absolute Gasteiger partial charge is 0.260 e. The van der Waals surface area contributed by atoms with E-state index in [0.29, 0.717) is 71.4 Å². The highest BCUT2D eigenvalue weighted by Crippen LogP contribution is 2.34. The molecule has 0 atom stereocenters. The maximum absolute atomic E-state index is 14.2. The number of aromatic nitrogens is 2. The topological polar surface area (TPSA) is 119 Å². The first-order valence-corrected chi connectivity index (χ1v) is 13.9. The SMILES string of the molecule is C=C(/N=C1\C(=C/C)C=C(c2ccc(-c3noc(C)n3)cc2Cl)C(=O)N1Cc1ccc(CN)cc1)NC1CCOCC1. The Morgan fingerprint density at radius 1 is 1.22 bits per heavy atom. The number of allylic oxidation sites excluding steroid dienone is 1. The summed E-state index contributed by atoms with van der Waals surface area (Å²) in [7, 11) is 0. The number of nitrogens with zero attached hydrogens (tertiary/aromatic N) is 4. The van der Waals surface area contributed by atoms with Crippen molar-refractivity contribution in [1.82, 2.24) is 20.4 Å². The molecular formula is C31H33ClN6O3. The maximum atomic E-state index is 14.2. The zero-order valence-corrected chi connectivity index (χ0v) is 23.9. The van der Waals surface area contributed by atoms with Crippen LogP contribution in [-0.2, 0) is 22.6 Å². The van der Waals surface area contributed by atoms with Crippen molar-refractivity contribution in [3.05, 3.63) is 100 Å². The first kappa shape index (κ1) is 28.5. The number of nitrogens with one attached hydrogen (secondary N) is 1. The second kappa shape index (κ2) is 12.6. The predicted molar refractivity (Wildman–Crippen MR) is 160 cm³/mol. The Morgan fingerprint density at radius 3 is 2.59 bits per heavy atom. The molecule has 3 heterocycles. The number of ether oxygens (including phenoxy) is 1. The normalized spacial score (nSPS) is 18.2. The van der Waals surface area contributed by atoms with Crippen LogP contribution >= 0.6 is 11.6 Å². The summed E-state index contributed by atoms with van der Waals surface area (Å²) < 4.78 is 10.6. The molecule has 1 fully saturated rings. The molecule has 1 aromatic heterocycles. The number of nitrogens with two attached hydrogens (primary N) is 1. The van der Waals surface area contributed by atoms with Crippen molar-refractivity contribution in [2.45, 2.75) is 45.8 Å². The Labute approximate surface area is 244 Å². The molecule has 0 bridgehead atoms. The van der Waals surface area contributed by atoms with Gasteiger partial charge in [0.2, 0.25) is 11.7 Å². The van der Waals surface area contributed by atoms with Crippen molar-refractivity contribution in [2.24, 2.45) is 10.7 Å². The fraction of sp³-hybridized carbons (Fsp3) is 0.290. The number of carbonyl (C=O) groups is 1. The number of rotatable bonds is 8. The molecule has 2 aromatic carbocycles. The van der Waals surface area contributed by atoms with Crippen LogP contribution in [0.2, 0.25) is 5.02 Å². The Morgan fingerprint density at radius 2 is 1.95 bits per heavy atom. The largest absolute Gasteiger partial charge is 0.381 e. The first-order chi connectivity index (χ1) is 19.9. The molecule has 0 unspecified atom stereocenters. The minimum Gasteiger partial charge on any atom is -0.381 e. The lowest BCUT2D eigenvalue weighted by molar-refractivity contribution is -0.122. The number of hydrogen-bond donors (Lipinski definition) is 2. The van der Waals surface area contributed by atoms with E-state index in [1.165, 1.54) is 0 Å². The van der Waals surface area contributed by atoms with E-state index < -0.39 is 0 Å². The molecule has 41 heavy (non-hydrogen) atoms. The summed E-state index contributed by atoms with van der Waals surface area (Å²) in [5.41, 5.74) is 10.3. The Balaban J connectivity index is 1.52. The molecule has 5 rings (SSSR count). The van der Waals surface area contributed by atoms with Crippen LogP contribution in [0.5, 0.6) is 0 Å². The number of benzene rings is 2. The summed E-state index contributed by atoms with van der Waals surface area (Å²) in [6.45, 7) is 9.94. The van der Waals surface area contributed by atoms with Gasteiger partial charge in [0.1, 0.15) is 11.7 Å². The molecule has 0 saturated carbocycles. The minimum absolute atomic E-state index is 0.220. The second-order valence-corrected chi connectivity index (χ2v) is 10.4. The quantitative estimate of drug-likeness (QED) is 0.382. The lowest BCUT2D eigenvalue weighted by atomic mass is 9.95. The summed E-state index contributed by atoms with van der Waals surface area (Å²) in [6, 6.07) is 13.5. The molecule has 2 aliphatic rings. The summed E-state index contributed by atoms with van der Waals surface area (Å²) >= 11 is 6.75. The number of aryl methyl sites for hydroxylation is 1. The van der Waals surface area contributed by atoms with Crippen molar-refractivity contribution in [2.75, 3.05) is 13.2 Å². The van der Waals surface area contributed by atoms with Crippen molar-refractivity contribution in [3.8, 4) is 11.4 Å². The Hall–Kier alpha value is -4.05. The van der Waals surface area contributed by atoms with Gasteiger partial charge >= 0.3 is 0 Å². The molecule has 1 amide bonds. The van der Waals surface area contributed by atoms with E-state index in [0.717, 1.165) is 29.5 Å². The van der Waals surface area contributed by atoms with Crippen LogP contribution in [-0.4, -0.2) is 46.0 Å². The zero-order valence-electron chi connectivity index (χ0n) is 23.2. The van der Waals surface area contributed by atoms with Gasteiger partial charge in [-0.3, -0.25) is 9.69 Å². The van der Waals surface area contributed by atoms with Crippen molar-refractivity contribution in [1.29, 1.82) is 0 Å². The minimum atomic E-state index is -0.221. The third-order valence-electron chi connectivity index (χ3n) is 7.08. The second-order valence-electron chi connectivity index (χ2n) is 9.96. The van der Waals surface area contributed by atoms with Crippen molar-refractivity contribution >= 4 is 28.9 Å². The molecule has 9 nitrogen and oxygen atoms in total. The van der Waals surface area contributed by atoms with Gasteiger partial charge in [0, 0.05) is 60.0 Å². The van der Waals surface area contributed by atoms with Gasteiger partial charge in [-0.25, -0.2) is 4.99 Å². The van der Waals surface area contributed by atoms with Gasteiger partial charge in [-0.2, -0.15) is 4.98 Å². The van der Waals surface area contributed by atoms with Crippen LogP contribution in [0.4, 0.5) is 0 Å². The van der Waals surface area contributed by atoms with E-state index >= 15 is 0 Å². The Bertz CT molecular complexity index is 1530. The number of amides is 1. The van der Waals surface area contributed by atoms with E-state index in [-0.39, 0.29) is 11.9 Å². The van der Waals surface area contributed by atoms with E-state index in [2.05, 4.69) is 22.0 Å². The Kier molecular flexibility index (Phi) is 8.78. The van der Waals surface area contributed by atoms with Gasteiger partial charge in [-0.05, 0) is 43.0 Å². The van der Waals surface area contributed by atoms with Gasteiger partial charge in [-0.1, -0.05) is 65.8 Å². The maximum Gasteiger partial charge on any atom is 0.260 e. The third kappa shape index (κ3) is 6.48. The van der Waals surface area contributed by atoms with Crippen LogP contribution in [0.3, 0.4) is 0 Å².